The number of nitrogens with zero attached hydrogens (tertiary/aromatic N) is 1. The fourth-order valence-electron chi connectivity index (χ4n) is 2.90. The number of benzene rings is 2. The van der Waals surface area contributed by atoms with E-state index in [0.29, 0.717) is 5.69 Å². The van der Waals surface area contributed by atoms with Gasteiger partial charge < -0.3 is 4.74 Å². The second-order valence-electron chi connectivity index (χ2n) is 6.88. The van der Waals surface area contributed by atoms with Crippen LogP contribution in [0.25, 0.3) is 6.08 Å². The lowest BCUT2D eigenvalue weighted by atomic mass is 10.1. The van der Waals surface area contributed by atoms with Crippen molar-refractivity contribution in [2.24, 2.45) is 0 Å². The Balaban J connectivity index is 1.86. The molecule has 1 aliphatic heterocycles. The van der Waals surface area contributed by atoms with Crippen LogP contribution in [0.15, 0.2) is 54.1 Å². The van der Waals surface area contributed by atoms with Gasteiger partial charge in [-0.05, 0) is 73.5 Å². The normalized spacial score (nSPS) is 16.7. The van der Waals surface area contributed by atoms with Crippen molar-refractivity contribution in [3.63, 3.8) is 0 Å². The third-order valence-corrected chi connectivity index (χ3v) is 5.09. The predicted molar refractivity (Wildman–Crippen MR) is 119 cm³/mol. The summed E-state index contributed by atoms with van der Waals surface area (Å²) in [5.41, 5.74) is 2.55. The average molecular weight is 409 g/mol. The first kappa shape index (κ1) is 20.7. The van der Waals surface area contributed by atoms with E-state index in [-0.39, 0.29) is 16.8 Å². The Hall–Kier alpha value is -2.99. The molecule has 1 N–H and O–H groups in total. The molecule has 0 bridgehead atoms. The third kappa shape index (κ3) is 4.71. The van der Waals surface area contributed by atoms with Crippen molar-refractivity contribution < 1.29 is 14.3 Å². The van der Waals surface area contributed by atoms with E-state index in [1.807, 2.05) is 55.5 Å². The summed E-state index contributed by atoms with van der Waals surface area (Å²) in [6.07, 6.45) is 3.51. The van der Waals surface area contributed by atoms with E-state index >= 15 is 0 Å². The molecule has 2 amide bonds. The summed E-state index contributed by atoms with van der Waals surface area (Å²) in [6.45, 7) is 6.13. The highest BCUT2D eigenvalue weighted by atomic mass is 32.1. The van der Waals surface area contributed by atoms with Crippen LogP contribution in [0.1, 0.15) is 38.3 Å². The highest BCUT2D eigenvalue weighted by Gasteiger charge is 2.34. The molecule has 1 saturated heterocycles. The van der Waals surface area contributed by atoms with Crippen molar-refractivity contribution in [3.8, 4) is 5.75 Å². The summed E-state index contributed by atoms with van der Waals surface area (Å²) < 4.78 is 5.77. The molecule has 6 heteroatoms. The minimum Gasteiger partial charge on any atom is -0.491 e. The lowest BCUT2D eigenvalue weighted by Gasteiger charge is -2.29. The number of aryl methyl sites for hydroxylation is 1. The number of hydrogen-bond donors (Lipinski definition) is 1. The van der Waals surface area contributed by atoms with Gasteiger partial charge in [0.1, 0.15) is 11.3 Å². The Morgan fingerprint density at radius 1 is 1.07 bits per heavy atom. The van der Waals surface area contributed by atoms with E-state index in [4.69, 9.17) is 17.0 Å². The van der Waals surface area contributed by atoms with Crippen LogP contribution in [0.5, 0.6) is 5.75 Å². The zero-order valence-electron chi connectivity index (χ0n) is 16.8. The molecule has 2 aromatic rings. The number of anilines is 1. The van der Waals surface area contributed by atoms with Gasteiger partial charge in [-0.3, -0.25) is 19.8 Å². The van der Waals surface area contributed by atoms with Gasteiger partial charge in [0.2, 0.25) is 0 Å². The number of rotatable bonds is 6. The molecular weight excluding hydrogens is 384 g/mol. The van der Waals surface area contributed by atoms with Gasteiger partial charge in [0.25, 0.3) is 11.8 Å². The third-order valence-electron chi connectivity index (χ3n) is 4.81. The molecule has 0 aliphatic carbocycles. The molecule has 0 unspecified atom stereocenters. The minimum atomic E-state index is -0.499. The zero-order valence-corrected chi connectivity index (χ0v) is 17.6. The molecule has 1 fully saturated rings. The molecule has 2 aromatic carbocycles. The number of carbonyl (C=O) groups excluding carboxylic acids is 2. The Morgan fingerprint density at radius 2 is 1.72 bits per heavy atom. The van der Waals surface area contributed by atoms with Gasteiger partial charge in [-0.25, -0.2) is 0 Å². The highest BCUT2D eigenvalue weighted by Crippen LogP contribution is 2.23. The summed E-state index contributed by atoms with van der Waals surface area (Å²) >= 11 is 5.24. The number of thiocarbonyl (C=S) groups is 1. The molecule has 1 heterocycles. The first-order valence-corrected chi connectivity index (χ1v) is 10.1. The summed E-state index contributed by atoms with van der Waals surface area (Å²) in [7, 11) is 0. The molecule has 1 aliphatic rings. The van der Waals surface area contributed by atoms with Crippen molar-refractivity contribution in [2.45, 2.75) is 39.7 Å². The maximum Gasteiger partial charge on any atom is 0.270 e. The van der Waals surface area contributed by atoms with E-state index in [9.17, 15) is 9.59 Å². The molecular formula is C23H24N2O3S. The maximum atomic E-state index is 13.0. The van der Waals surface area contributed by atoms with Gasteiger partial charge in [0.15, 0.2) is 5.11 Å². The van der Waals surface area contributed by atoms with Gasteiger partial charge in [-0.2, -0.15) is 0 Å². The summed E-state index contributed by atoms with van der Waals surface area (Å²) in [4.78, 5) is 26.8. The number of amides is 2. The van der Waals surface area contributed by atoms with Gasteiger partial charge in [0, 0.05) is 0 Å². The smallest absolute Gasteiger partial charge is 0.270 e. The van der Waals surface area contributed by atoms with Crippen molar-refractivity contribution >= 4 is 40.9 Å². The van der Waals surface area contributed by atoms with Gasteiger partial charge in [-0.1, -0.05) is 38.1 Å². The SMILES string of the molecule is CCc1ccc(N2C(=O)/C(=C/c3ccc(O[C@H](C)CC)cc3)C(=O)NC2=S)cc1. The Bertz CT molecular complexity index is 949. The van der Waals surface area contributed by atoms with Crippen LogP contribution in [-0.2, 0) is 16.0 Å². The van der Waals surface area contributed by atoms with E-state index in [1.165, 1.54) is 4.90 Å². The second kappa shape index (κ2) is 9.01. The zero-order chi connectivity index (χ0) is 21.0. The van der Waals surface area contributed by atoms with Crippen LogP contribution >= 0.6 is 12.2 Å². The molecule has 0 radical (unpaired) electrons. The number of ether oxygens (including phenoxy) is 1. The van der Waals surface area contributed by atoms with E-state index in [1.54, 1.807) is 6.08 Å². The topological polar surface area (TPSA) is 58.6 Å². The number of hydrogen-bond acceptors (Lipinski definition) is 4. The summed E-state index contributed by atoms with van der Waals surface area (Å²) in [6, 6.07) is 14.9. The van der Waals surface area contributed by atoms with E-state index in [2.05, 4.69) is 19.2 Å². The molecule has 5 nitrogen and oxygen atoms in total. The molecule has 3 rings (SSSR count). The Labute approximate surface area is 176 Å². The standard InChI is InChI=1S/C23H24N2O3S/c1-4-15(3)28-19-12-8-17(9-13-19)14-20-21(26)24-23(29)25(22(20)27)18-10-6-16(5-2)7-11-18/h6-15H,4-5H2,1-3H3,(H,24,26,29)/b20-14+/t15-/m1/s1. The molecule has 150 valence electrons. The lowest BCUT2D eigenvalue weighted by molar-refractivity contribution is -0.122. The first-order chi connectivity index (χ1) is 13.9. The van der Waals surface area contributed by atoms with Crippen molar-refractivity contribution in [1.82, 2.24) is 5.32 Å². The van der Waals surface area contributed by atoms with Gasteiger partial charge in [0.05, 0.1) is 11.8 Å². The molecule has 29 heavy (non-hydrogen) atoms. The van der Waals surface area contributed by atoms with Gasteiger partial charge in [-0.15, -0.1) is 0 Å². The predicted octanol–water partition coefficient (Wildman–Crippen LogP) is 4.26. The van der Waals surface area contributed by atoms with Crippen LogP contribution < -0.4 is 15.0 Å². The average Bonchev–Trinajstić information content (AvgIpc) is 2.72. The van der Waals surface area contributed by atoms with Gasteiger partial charge >= 0.3 is 0 Å². The summed E-state index contributed by atoms with van der Waals surface area (Å²) in [5, 5.41) is 2.69. The Morgan fingerprint density at radius 3 is 2.31 bits per heavy atom. The van der Waals surface area contributed by atoms with E-state index in [0.717, 1.165) is 29.7 Å². The fraction of sp³-hybridized carbons (Fsp3) is 0.261. The fourth-order valence-corrected chi connectivity index (χ4v) is 3.18. The molecule has 0 saturated carbocycles. The lowest BCUT2D eigenvalue weighted by Crippen LogP contribution is -2.54. The quantitative estimate of drug-likeness (QED) is 0.441. The van der Waals surface area contributed by atoms with Crippen LogP contribution in [0.4, 0.5) is 5.69 Å². The monoisotopic (exact) mass is 408 g/mol. The van der Waals surface area contributed by atoms with Crippen LogP contribution in [0.2, 0.25) is 0 Å². The van der Waals surface area contributed by atoms with Crippen molar-refractivity contribution in [2.75, 3.05) is 4.90 Å². The Kier molecular flexibility index (Phi) is 6.44. The maximum absolute atomic E-state index is 13.0. The van der Waals surface area contributed by atoms with Crippen molar-refractivity contribution in [3.05, 3.63) is 65.2 Å². The number of nitrogens with one attached hydrogen (secondary N) is 1. The second-order valence-corrected chi connectivity index (χ2v) is 7.27. The molecule has 0 aromatic heterocycles. The largest absolute Gasteiger partial charge is 0.491 e. The van der Waals surface area contributed by atoms with Crippen LogP contribution in [0, 0.1) is 0 Å². The molecule has 1 atom stereocenters. The van der Waals surface area contributed by atoms with Crippen LogP contribution in [0.3, 0.4) is 0 Å². The minimum absolute atomic E-state index is 0.0359. The number of carbonyl (C=O) groups is 2. The van der Waals surface area contributed by atoms with E-state index < -0.39 is 11.8 Å². The summed E-state index contributed by atoms with van der Waals surface area (Å²) in [5.74, 6) is -0.191. The highest BCUT2D eigenvalue weighted by molar-refractivity contribution is 7.80. The van der Waals surface area contributed by atoms with Crippen molar-refractivity contribution in [1.29, 1.82) is 0 Å². The first-order valence-electron chi connectivity index (χ1n) is 9.70. The van der Waals surface area contributed by atoms with Crippen LogP contribution in [-0.4, -0.2) is 23.0 Å². The molecule has 0 spiro atoms.